The van der Waals surface area contributed by atoms with Crippen molar-refractivity contribution in [1.82, 2.24) is 41.5 Å². The minimum absolute atomic E-state index is 0. The maximum absolute atomic E-state index is 14.7. The summed E-state index contributed by atoms with van der Waals surface area (Å²) in [6.45, 7) is 3.72. The fraction of sp³-hybridized carbons (Fsp3) is 0.482. The Hall–Kier alpha value is -7.38. The largest absolute Gasteiger partial charge is 1.00 e. The van der Waals surface area contributed by atoms with Gasteiger partial charge in [0.25, 0.3) is 5.91 Å². The second-order valence-corrected chi connectivity index (χ2v) is 22.9. The number of amides is 8. The van der Waals surface area contributed by atoms with Gasteiger partial charge in [-0.15, -0.1) is 0 Å². The maximum Gasteiger partial charge on any atom is 1.00 e. The molecule has 0 aliphatic carbocycles. The van der Waals surface area contributed by atoms with E-state index in [1.165, 1.54) is 31.2 Å². The second-order valence-electron chi connectivity index (χ2n) is 21.9. The van der Waals surface area contributed by atoms with E-state index in [1.807, 2.05) is 10.6 Å². The smallest absolute Gasteiger partial charge is 0.870 e. The molecule has 3 aromatic carbocycles. The standard InChI is InChI=1S/C56H71N9O23S.Na/c1-4-5-6-17-86-32-14-11-28(12-15-32)39-21-33(63-87-39)27-7-9-29(10-8-27)49(75)58-34-20-38(70)52(78)62-54(80)45-46(72)25(2)23-65(45)56(82)43(37(69)22-41(57)71)60-53(79)44(48(74)47(73)30-13-16-36(68)40(18-30)88-89(83,84)85)61-51(77)35-19-31(67)24-64(35)55(81)42(26(3)66)59-50(34)76;/h7-16,18,21,25-26,31,34-35,37-38,42-48,52,66-70,72-74,78H,4-6,17,19-20,22-24H2,1-3H3,(H2,57,71)(H,58,75)(H,59,76)(H,60,79)(H,61,77)(H,62,80)(H,83,84,85);/q;+1/p-1/t25-,26+,31+,34-,35?,37+,38+,42?,43?,44?,45?,46-,47-,48-,52+;/m0./s1. The van der Waals surface area contributed by atoms with Crippen molar-refractivity contribution in [2.75, 3.05) is 19.7 Å². The Bertz CT molecular complexity index is 3340. The molecule has 5 unspecified atom stereocenters. The van der Waals surface area contributed by atoms with Crippen molar-refractivity contribution >= 4 is 57.7 Å². The first kappa shape index (κ1) is 71.7. The van der Waals surface area contributed by atoms with E-state index in [4.69, 9.17) is 15.0 Å². The molecule has 0 bridgehead atoms. The van der Waals surface area contributed by atoms with Crippen LogP contribution < -0.4 is 75.9 Å². The molecule has 16 N–H and O–H groups in total. The van der Waals surface area contributed by atoms with Gasteiger partial charge in [0.1, 0.15) is 71.8 Å². The van der Waals surface area contributed by atoms with E-state index in [-0.39, 0.29) is 35.1 Å². The number of nitrogens with one attached hydrogen (secondary N) is 5. The topological polar surface area (TPSA) is 513 Å². The van der Waals surface area contributed by atoms with Crippen molar-refractivity contribution in [3.63, 3.8) is 0 Å². The molecule has 0 radical (unpaired) electrons. The van der Waals surface area contributed by atoms with Crippen LogP contribution in [-0.2, 0) is 44.0 Å². The molecule has 15 atom stereocenters. The summed E-state index contributed by atoms with van der Waals surface area (Å²) in [5, 5.41) is 118. The number of unbranched alkanes of at least 4 members (excludes halogenated alkanes) is 2. The molecule has 90 heavy (non-hydrogen) atoms. The van der Waals surface area contributed by atoms with Gasteiger partial charge < -0.3 is 102 Å². The number of aromatic nitrogens is 1. The Morgan fingerprint density at radius 3 is 2.07 bits per heavy atom. The van der Waals surface area contributed by atoms with Crippen molar-refractivity contribution in [2.45, 2.75) is 145 Å². The molecule has 4 heterocycles. The summed E-state index contributed by atoms with van der Waals surface area (Å²) in [4.78, 5) is 114. The number of carbonyl (C=O) groups is 8. The van der Waals surface area contributed by atoms with Crippen molar-refractivity contribution in [2.24, 2.45) is 11.7 Å². The molecule has 3 saturated heterocycles. The van der Waals surface area contributed by atoms with Crippen molar-refractivity contribution in [3.8, 4) is 39.8 Å². The number of nitrogens with two attached hydrogens (primary N) is 1. The van der Waals surface area contributed by atoms with Gasteiger partial charge in [0, 0.05) is 54.6 Å². The van der Waals surface area contributed by atoms with E-state index < -0.39 is 198 Å². The molecule has 3 aliphatic heterocycles. The summed E-state index contributed by atoms with van der Waals surface area (Å²) in [7, 11) is -5.39. The normalized spacial score (nSPS) is 26.2. The Labute approximate surface area is 536 Å². The van der Waals surface area contributed by atoms with E-state index >= 15 is 0 Å². The number of benzene rings is 3. The summed E-state index contributed by atoms with van der Waals surface area (Å²) in [5.74, 6) is -13.3. The number of primary amides is 1. The number of fused-ring (bicyclic) bond motifs is 2. The first-order valence-electron chi connectivity index (χ1n) is 28.1. The van der Waals surface area contributed by atoms with Crippen LogP contribution in [0.25, 0.3) is 22.6 Å². The zero-order valence-electron chi connectivity index (χ0n) is 49.0. The first-order chi connectivity index (χ1) is 42.0. The van der Waals surface area contributed by atoms with Crippen LogP contribution in [0.1, 0.15) is 81.3 Å². The molecule has 4 aromatic rings. The molecular weight excluding hydrogens is 1220 g/mol. The average molecular weight is 1290 g/mol. The number of rotatable bonds is 18. The fourth-order valence-corrected chi connectivity index (χ4v) is 10.7. The van der Waals surface area contributed by atoms with Gasteiger partial charge in [0.15, 0.2) is 12.0 Å². The zero-order valence-corrected chi connectivity index (χ0v) is 51.8. The predicted octanol–water partition coefficient (Wildman–Crippen LogP) is -7.53. The van der Waals surface area contributed by atoms with Crippen molar-refractivity contribution < 1.29 is 140 Å². The first-order valence-corrected chi connectivity index (χ1v) is 29.5. The number of nitrogens with zero attached hydrogens (tertiary/aromatic N) is 3. The van der Waals surface area contributed by atoms with Crippen LogP contribution in [0.4, 0.5) is 0 Å². The number of hydrogen-bond acceptors (Lipinski definition) is 23. The van der Waals surface area contributed by atoms with Crippen LogP contribution in [0, 0.1) is 5.92 Å². The van der Waals surface area contributed by atoms with Gasteiger partial charge in [-0.05, 0) is 61.4 Å². The molecule has 3 fully saturated rings. The number of ether oxygens (including phenoxy) is 1. The van der Waals surface area contributed by atoms with E-state index in [1.54, 1.807) is 30.3 Å². The van der Waals surface area contributed by atoms with Gasteiger partial charge in [-0.1, -0.05) is 61.9 Å². The fourth-order valence-electron chi connectivity index (χ4n) is 10.3. The van der Waals surface area contributed by atoms with E-state index in [2.05, 4.69) is 32.2 Å². The number of hydrogen-bond donors (Lipinski definition) is 15. The molecule has 34 heteroatoms. The Morgan fingerprint density at radius 1 is 0.800 bits per heavy atom. The average Bonchev–Trinajstić information content (AvgIpc) is 2.24. The summed E-state index contributed by atoms with van der Waals surface area (Å²) in [6.07, 6.45) is -17.4. The summed E-state index contributed by atoms with van der Waals surface area (Å²) in [6, 6.07) is 3.22. The number of aliphatic hydroxyl groups excluding tert-OH is 8. The van der Waals surface area contributed by atoms with Gasteiger partial charge in [-0.2, -0.15) is 8.42 Å². The molecule has 0 saturated carbocycles. The van der Waals surface area contributed by atoms with Gasteiger partial charge in [-0.3, -0.25) is 42.9 Å². The van der Waals surface area contributed by atoms with Crippen molar-refractivity contribution in [1.29, 1.82) is 0 Å². The molecular formula is C56H70N9NaO23S. The minimum Gasteiger partial charge on any atom is -0.870 e. The molecule has 32 nitrogen and oxygen atoms in total. The monoisotopic (exact) mass is 1290 g/mol. The van der Waals surface area contributed by atoms with Crippen molar-refractivity contribution in [3.05, 3.63) is 83.9 Å². The van der Waals surface area contributed by atoms with E-state index in [9.17, 15) is 97.3 Å². The number of carbonyl (C=O) groups excluding carboxylic acids is 8. The molecule has 3 aliphatic rings. The van der Waals surface area contributed by atoms with Crippen LogP contribution in [0.3, 0.4) is 0 Å². The van der Waals surface area contributed by atoms with Gasteiger partial charge in [0.05, 0.1) is 37.4 Å². The summed E-state index contributed by atoms with van der Waals surface area (Å²) < 4.78 is 48.0. The third-order valence-electron chi connectivity index (χ3n) is 15.2. The van der Waals surface area contributed by atoms with Crippen LogP contribution >= 0.6 is 0 Å². The third-order valence-corrected chi connectivity index (χ3v) is 15.6. The Morgan fingerprint density at radius 2 is 1.43 bits per heavy atom. The summed E-state index contributed by atoms with van der Waals surface area (Å²) in [5.41, 5.74) is 6.11. The van der Waals surface area contributed by atoms with Crippen LogP contribution in [0.5, 0.6) is 17.2 Å². The van der Waals surface area contributed by atoms with Crippen LogP contribution in [-0.4, -0.2) is 215 Å². The summed E-state index contributed by atoms with van der Waals surface area (Å²) >= 11 is 0. The number of aliphatic hydroxyl groups is 8. The van der Waals surface area contributed by atoms with Gasteiger partial charge in [0.2, 0.25) is 41.4 Å². The zero-order chi connectivity index (χ0) is 65.3. The molecule has 7 rings (SSSR count). The third kappa shape index (κ3) is 17.8. The van der Waals surface area contributed by atoms with E-state index in [0.29, 0.717) is 56.9 Å². The van der Waals surface area contributed by atoms with E-state index in [0.717, 1.165) is 32.3 Å². The predicted molar refractivity (Wildman–Crippen MR) is 302 cm³/mol. The maximum atomic E-state index is 14.7. The van der Waals surface area contributed by atoms with Crippen LogP contribution in [0.15, 0.2) is 77.3 Å². The quantitative estimate of drug-likeness (QED) is 0.0250. The Balaban J connectivity index is 0.0000129. The Kier molecular flexibility index (Phi) is 24.8. The second kappa shape index (κ2) is 31.1. The minimum atomic E-state index is -5.39. The van der Waals surface area contributed by atoms with Crippen LogP contribution in [0.2, 0.25) is 0 Å². The molecule has 1 aromatic heterocycles. The van der Waals surface area contributed by atoms with Gasteiger partial charge >= 0.3 is 40.0 Å². The molecule has 484 valence electrons. The SMILES string of the molecule is CCCCCOc1ccc(-c2cc(-c3ccc(C(=O)N[C@H]4C[C@@H](O)[C@@H](O)NC(=O)C5[C@@H](O)[C@@H](C)CN5C(=O)C([C@H](O)CC(N)=O)NC(=O)C([C@H](O)[C@@H](O)c5ccc([O-])c(OS(=O)(=O)O)c5)NC(=O)C5C[C@@H](O)CN5C(=O)C([C@@H](C)O)NC4=O)cc3)no2)cc1.[Na+]. The molecule has 8 amide bonds. The van der Waals surface area contributed by atoms with Gasteiger partial charge in [-0.25, -0.2) is 0 Å². The molecule has 0 spiro atoms.